The number of rotatable bonds is 3. The minimum Gasteiger partial charge on any atom is -0.505 e. The predicted octanol–water partition coefficient (Wildman–Crippen LogP) is 3.43. The maximum Gasteiger partial charge on any atom is 0.301 e. The van der Waals surface area contributed by atoms with Crippen LogP contribution in [0.2, 0.25) is 0 Å². The first-order valence-corrected chi connectivity index (χ1v) is 10.4. The molecule has 9 heteroatoms. The standard InChI is InChI=1S/C22H17N5O3S/c1-12-17(26-11-7-6-10-15(26)23-12)19(28)16-18(14-8-4-3-5-9-14)27(21(30)20(16)29)22-25-24-13(2)31-22/h3-11,18,28H,1-2H3. The van der Waals surface area contributed by atoms with Gasteiger partial charge < -0.3 is 5.11 Å². The third-order valence-electron chi connectivity index (χ3n) is 5.21. The molecule has 0 bridgehead atoms. The van der Waals surface area contributed by atoms with Crippen LogP contribution in [0.3, 0.4) is 0 Å². The maximum atomic E-state index is 13.2. The number of ketones is 1. The molecule has 0 radical (unpaired) electrons. The fourth-order valence-electron chi connectivity index (χ4n) is 3.89. The van der Waals surface area contributed by atoms with Crippen LogP contribution in [0.15, 0.2) is 60.3 Å². The van der Waals surface area contributed by atoms with Crippen molar-refractivity contribution >= 4 is 39.6 Å². The number of hydrogen-bond acceptors (Lipinski definition) is 7. The van der Waals surface area contributed by atoms with Gasteiger partial charge in [-0.3, -0.25) is 18.9 Å². The van der Waals surface area contributed by atoms with Crippen LogP contribution in [0.5, 0.6) is 0 Å². The van der Waals surface area contributed by atoms with Gasteiger partial charge in [-0.25, -0.2) is 4.98 Å². The SMILES string of the molecule is Cc1nnc(N2C(=O)C(=O)C(=C(O)c3c(C)nc4ccccn34)C2c2ccccc2)s1. The smallest absolute Gasteiger partial charge is 0.301 e. The van der Waals surface area contributed by atoms with Crippen molar-refractivity contribution in [1.82, 2.24) is 19.6 Å². The Kier molecular flexibility index (Phi) is 4.40. The van der Waals surface area contributed by atoms with Gasteiger partial charge in [-0.1, -0.05) is 47.7 Å². The summed E-state index contributed by atoms with van der Waals surface area (Å²) in [6.45, 7) is 3.53. The Balaban J connectivity index is 1.79. The number of carbonyl (C=O) groups excluding carboxylic acids is 2. The van der Waals surface area contributed by atoms with Gasteiger partial charge in [-0.05, 0) is 31.5 Å². The number of aromatic nitrogens is 4. The number of imidazole rings is 1. The number of anilines is 1. The molecule has 0 aliphatic carbocycles. The monoisotopic (exact) mass is 431 g/mol. The molecule has 1 amide bonds. The lowest BCUT2D eigenvalue weighted by atomic mass is 9.96. The van der Waals surface area contributed by atoms with Gasteiger partial charge >= 0.3 is 5.91 Å². The predicted molar refractivity (Wildman–Crippen MR) is 116 cm³/mol. The summed E-state index contributed by atoms with van der Waals surface area (Å²) in [6.07, 6.45) is 1.76. The molecule has 1 aliphatic rings. The van der Waals surface area contributed by atoms with Crippen molar-refractivity contribution in [1.29, 1.82) is 0 Å². The molecular weight excluding hydrogens is 414 g/mol. The molecule has 31 heavy (non-hydrogen) atoms. The second-order valence-corrected chi connectivity index (χ2v) is 8.32. The largest absolute Gasteiger partial charge is 0.505 e. The van der Waals surface area contributed by atoms with Gasteiger partial charge in [0, 0.05) is 6.20 Å². The highest BCUT2D eigenvalue weighted by atomic mass is 32.1. The zero-order valence-corrected chi connectivity index (χ0v) is 17.5. The van der Waals surface area contributed by atoms with Gasteiger partial charge in [0.05, 0.1) is 17.3 Å². The first-order valence-electron chi connectivity index (χ1n) is 9.57. The van der Waals surface area contributed by atoms with Crippen molar-refractivity contribution in [3.63, 3.8) is 0 Å². The molecule has 8 nitrogen and oxygen atoms in total. The summed E-state index contributed by atoms with van der Waals surface area (Å²) in [7, 11) is 0. The Bertz CT molecular complexity index is 1370. The second kappa shape index (κ2) is 7.13. The summed E-state index contributed by atoms with van der Waals surface area (Å²) in [5, 5.41) is 20.4. The lowest BCUT2D eigenvalue weighted by Crippen LogP contribution is -2.29. The van der Waals surface area contributed by atoms with Gasteiger partial charge in [0.2, 0.25) is 5.13 Å². The first kappa shape index (κ1) is 19.1. The van der Waals surface area contributed by atoms with E-state index < -0.39 is 17.7 Å². The van der Waals surface area contributed by atoms with Crippen LogP contribution in [0.1, 0.15) is 28.0 Å². The van der Waals surface area contributed by atoms with Gasteiger partial charge in [0.15, 0.2) is 5.76 Å². The normalized spacial score (nSPS) is 18.3. The summed E-state index contributed by atoms with van der Waals surface area (Å²) >= 11 is 1.22. The van der Waals surface area contributed by atoms with Crippen molar-refractivity contribution in [2.45, 2.75) is 19.9 Å². The zero-order chi connectivity index (χ0) is 21.7. The zero-order valence-electron chi connectivity index (χ0n) is 16.7. The summed E-state index contributed by atoms with van der Waals surface area (Å²) in [5.41, 5.74) is 2.24. The summed E-state index contributed by atoms with van der Waals surface area (Å²) in [5.74, 6) is -1.80. The number of carbonyl (C=O) groups is 2. The molecule has 3 aromatic heterocycles. The van der Waals surface area contributed by atoms with E-state index in [1.54, 1.807) is 30.5 Å². The van der Waals surface area contributed by atoms with Crippen LogP contribution in [0.25, 0.3) is 11.4 Å². The molecule has 1 saturated heterocycles. The quantitative estimate of drug-likeness (QED) is 0.303. The van der Waals surface area contributed by atoms with E-state index in [-0.39, 0.29) is 11.3 Å². The van der Waals surface area contributed by atoms with Gasteiger partial charge in [0.1, 0.15) is 16.3 Å². The minimum atomic E-state index is -0.831. The highest BCUT2D eigenvalue weighted by Crippen LogP contribution is 2.43. The van der Waals surface area contributed by atoms with Crippen LogP contribution in [-0.2, 0) is 9.59 Å². The molecule has 4 heterocycles. The van der Waals surface area contributed by atoms with Crippen molar-refractivity contribution < 1.29 is 14.7 Å². The number of fused-ring (bicyclic) bond motifs is 1. The molecule has 1 aromatic carbocycles. The Morgan fingerprint density at radius 2 is 1.77 bits per heavy atom. The topological polar surface area (TPSA) is 101 Å². The number of aliphatic hydroxyl groups is 1. The highest BCUT2D eigenvalue weighted by Gasteiger charge is 2.48. The van der Waals surface area contributed by atoms with Crippen LogP contribution in [0.4, 0.5) is 5.13 Å². The van der Waals surface area contributed by atoms with Crippen molar-refractivity contribution in [2.75, 3.05) is 4.90 Å². The highest BCUT2D eigenvalue weighted by molar-refractivity contribution is 7.15. The van der Waals surface area contributed by atoms with E-state index in [9.17, 15) is 14.7 Å². The van der Waals surface area contributed by atoms with Crippen molar-refractivity contribution in [2.24, 2.45) is 0 Å². The average Bonchev–Trinajstić information content (AvgIpc) is 3.42. The third kappa shape index (κ3) is 2.93. The van der Waals surface area contributed by atoms with Crippen molar-refractivity contribution in [3.8, 4) is 0 Å². The van der Waals surface area contributed by atoms with E-state index in [0.717, 1.165) is 0 Å². The number of Topliss-reactive ketones (excluding diaryl/α,β-unsaturated/α-hetero) is 1. The molecule has 0 spiro atoms. The fraction of sp³-hybridized carbons (Fsp3) is 0.136. The molecule has 1 aliphatic heterocycles. The summed E-state index contributed by atoms with van der Waals surface area (Å²) in [6, 6.07) is 13.7. The minimum absolute atomic E-state index is 0.00203. The van der Waals surface area contributed by atoms with E-state index in [1.165, 1.54) is 16.2 Å². The number of amides is 1. The molecule has 0 saturated carbocycles. The number of pyridine rings is 1. The number of aryl methyl sites for hydroxylation is 2. The van der Waals surface area contributed by atoms with Crippen LogP contribution >= 0.6 is 11.3 Å². The number of benzene rings is 1. The molecule has 1 N–H and O–H groups in total. The first-order chi connectivity index (χ1) is 15.0. The van der Waals surface area contributed by atoms with Gasteiger partial charge in [-0.15, -0.1) is 10.2 Å². The van der Waals surface area contributed by atoms with Crippen LogP contribution in [-0.4, -0.2) is 36.4 Å². The molecule has 4 aromatic rings. The Morgan fingerprint density at radius 1 is 1.03 bits per heavy atom. The van der Waals surface area contributed by atoms with Crippen LogP contribution in [0, 0.1) is 13.8 Å². The Labute approximate surface area is 181 Å². The van der Waals surface area contributed by atoms with Gasteiger partial charge in [0.25, 0.3) is 5.78 Å². The third-order valence-corrected chi connectivity index (χ3v) is 6.05. The molecule has 154 valence electrons. The van der Waals surface area contributed by atoms with E-state index in [4.69, 9.17) is 0 Å². The number of hydrogen-bond donors (Lipinski definition) is 1. The van der Waals surface area contributed by atoms with Crippen molar-refractivity contribution in [3.05, 3.63) is 82.3 Å². The molecule has 1 atom stereocenters. The van der Waals surface area contributed by atoms with E-state index in [1.807, 2.05) is 42.5 Å². The molecule has 5 rings (SSSR count). The Hall–Kier alpha value is -3.85. The fourth-order valence-corrected chi connectivity index (χ4v) is 4.60. The summed E-state index contributed by atoms with van der Waals surface area (Å²) < 4.78 is 1.70. The average molecular weight is 431 g/mol. The molecule has 1 fully saturated rings. The van der Waals surface area contributed by atoms with E-state index in [2.05, 4.69) is 15.2 Å². The van der Waals surface area contributed by atoms with E-state index in [0.29, 0.717) is 32.7 Å². The summed E-state index contributed by atoms with van der Waals surface area (Å²) in [4.78, 5) is 32.0. The van der Waals surface area contributed by atoms with Crippen LogP contribution < -0.4 is 4.90 Å². The molecular formula is C22H17N5O3S. The molecule has 1 unspecified atom stereocenters. The number of nitrogens with zero attached hydrogens (tertiary/aromatic N) is 5. The maximum absolute atomic E-state index is 13.2. The van der Waals surface area contributed by atoms with E-state index >= 15 is 0 Å². The number of aliphatic hydroxyl groups excluding tert-OH is 1. The lowest BCUT2D eigenvalue weighted by Gasteiger charge is -2.22. The Morgan fingerprint density at radius 3 is 2.48 bits per heavy atom. The lowest BCUT2D eigenvalue weighted by molar-refractivity contribution is -0.132. The second-order valence-electron chi connectivity index (χ2n) is 7.16. The van der Waals surface area contributed by atoms with Gasteiger partial charge in [-0.2, -0.15) is 0 Å².